The maximum Gasteiger partial charge on any atom is 0.246 e. The van der Waals surface area contributed by atoms with Crippen molar-refractivity contribution in [2.75, 3.05) is 19.1 Å². The van der Waals surface area contributed by atoms with Gasteiger partial charge >= 0.3 is 0 Å². The molecule has 0 radical (unpaired) electrons. The molecular weight excluding hydrogens is 456 g/mol. The lowest BCUT2D eigenvalue weighted by Gasteiger charge is -2.47. The van der Waals surface area contributed by atoms with Crippen LogP contribution in [0.1, 0.15) is 23.1 Å². The van der Waals surface area contributed by atoms with Crippen LogP contribution in [0.2, 0.25) is 0 Å². The van der Waals surface area contributed by atoms with Gasteiger partial charge in [0, 0.05) is 18.0 Å². The summed E-state index contributed by atoms with van der Waals surface area (Å²) in [7, 11) is -2.37. The van der Waals surface area contributed by atoms with Gasteiger partial charge in [-0.25, -0.2) is 23.8 Å². The first-order valence-corrected chi connectivity index (χ1v) is 12.1. The number of hydrazine groups is 1. The highest BCUT2D eigenvalue weighted by Crippen LogP contribution is 2.30. The smallest absolute Gasteiger partial charge is 0.246 e. The fourth-order valence-electron chi connectivity index (χ4n) is 3.68. The van der Waals surface area contributed by atoms with Crippen molar-refractivity contribution in [3.05, 3.63) is 34.3 Å². The molecule has 1 fully saturated rings. The third-order valence-electron chi connectivity index (χ3n) is 5.29. The Morgan fingerprint density at radius 3 is 2.62 bits per heavy atom. The summed E-state index contributed by atoms with van der Waals surface area (Å²) in [5, 5.41) is 6.19. The zero-order valence-corrected chi connectivity index (χ0v) is 19.8. The monoisotopic (exact) mass is 482 g/mol. The highest BCUT2D eigenvalue weighted by molar-refractivity contribution is 7.89. The van der Waals surface area contributed by atoms with Crippen molar-refractivity contribution in [2.45, 2.75) is 44.2 Å². The van der Waals surface area contributed by atoms with Crippen LogP contribution < -0.4 is 25.9 Å². The lowest BCUT2D eigenvalue weighted by Crippen LogP contribution is -2.75. The molecule has 2 unspecified atom stereocenters. The number of aromatic nitrogens is 1. The van der Waals surface area contributed by atoms with Gasteiger partial charge in [-0.15, -0.1) is 11.3 Å². The van der Waals surface area contributed by atoms with E-state index in [1.165, 1.54) is 23.5 Å². The Kier molecular flexibility index (Phi) is 7.15. The topological polar surface area (TPSA) is 156 Å². The first kappa shape index (κ1) is 24.1. The van der Waals surface area contributed by atoms with Crippen LogP contribution in [-0.4, -0.2) is 56.1 Å². The quantitative estimate of drug-likeness (QED) is 0.400. The van der Waals surface area contributed by atoms with E-state index in [9.17, 15) is 18.0 Å². The predicted octanol–water partition coefficient (Wildman–Crippen LogP) is 0.384. The average molecular weight is 483 g/mol. The summed E-state index contributed by atoms with van der Waals surface area (Å²) in [6.45, 7) is 5.00. The van der Waals surface area contributed by atoms with E-state index in [1.807, 2.05) is 0 Å². The zero-order valence-electron chi connectivity index (χ0n) is 18.1. The molecular formula is C19H26N6O5S2. The molecule has 0 bridgehead atoms. The molecule has 13 heteroatoms. The Balaban J connectivity index is 1.76. The molecule has 2 heterocycles. The van der Waals surface area contributed by atoms with Crippen molar-refractivity contribution in [1.82, 2.24) is 20.1 Å². The van der Waals surface area contributed by atoms with Crippen LogP contribution in [0.25, 0.3) is 0 Å². The Hall–Kier alpha value is -2.58. The molecule has 0 spiro atoms. The van der Waals surface area contributed by atoms with Crippen molar-refractivity contribution in [1.29, 1.82) is 0 Å². The second-order valence-electron chi connectivity index (χ2n) is 7.43. The molecule has 0 aliphatic carbocycles. The summed E-state index contributed by atoms with van der Waals surface area (Å²) in [5.74, 6) is -0.386. The van der Waals surface area contributed by atoms with Crippen molar-refractivity contribution < 1.29 is 22.7 Å². The van der Waals surface area contributed by atoms with Crippen LogP contribution in [0, 0.1) is 20.8 Å². The lowest BCUT2D eigenvalue weighted by molar-refractivity contribution is -0.137. The standard InChI is InChI=1S/C19H26N6O5S2/c1-10-7-14(30-4)11(2)12(3)17(10)32(28,29)22-9-25-16(13(24-25)8-15(20)26)18(27)23-19-21-5-6-31-19/h5-7,13,16,22,24H,8-9H2,1-4H3,(H2,20,26)(H,21,23,27). The molecule has 1 aliphatic heterocycles. The summed E-state index contributed by atoms with van der Waals surface area (Å²) in [5.41, 5.74) is 10.0. The van der Waals surface area contributed by atoms with Gasteiger partial charge in [0.15, 0.2) is 5.13 Å². The molecule has 2 aromatic rings. The molecule has 0 saturated carbocycles. The number of rotatable bonds is 9. The number of ether oxygens (including phenoxy) is 1. The lowest BCUT2D eigenvalue weighted by atomic mass is 9.99. The predicted molar refractivity (Wildman–Crippen MR) is 119 cm³/mol. The molecule has 2 amide bonds. The first-order valence-electron chi connectivity index (χ1n) is 9.71. The Morgan fingerprint density at radius 1 is 1.31 bits per heavy atom. The third kappa shape index (κ3) is 4.91. The van der Waals surface area contributed by atoms with E-state index in [2.05, 4.69) is 20.4 Å². The van der Waals surface area contributed by atoms with Gasteiger partial charge in [0.25, 0.3) is 0 Å². The zero-order chi connectivity index (χ0) is 23.6. The number of anilines is 1. The number of hydrogen-bond acceptors (Lipinski definition) is 9. The number of carbonyl (C=O) groups is 2. The summed E-state index contributed by atoms with van der Waals surface area (Å²) < 4.78 is 34.0. The maximum absolute atomic E-state index is 13.1. The second-order valence-corrected chi connectivity index (χ2v) is 10.0. The fourth-order valence-corrected chi connectivity index (χ4v) is 5.70. The van der Waals surface area contributed by atoms with Crippen molar-refractivity contribution in [2.24, 2.45) is 5.73 Å². The van der Waals surface area contributed by atoms with Crippen LogP contribution in [0.15, 0.2) is 22.5 Å². The van der Waals surface area contributed by atoms with Gasteiger partial charge in [0.05, 0.1) is 24.7 Å². The van der Waals surface area contributed by atoms with Crippen LogP contribution >= 0.6 is 11.3 Å². The molecule has 1 aromatic heterocycles. The van der Waals surface area contributed by atoms with E-state index < -0.39 is 33.9 Å². The molecule has 32 heavy (non-hydrogen) atoms. The van der Waals surface area contributed by atoms with E-state index in [0.29, 0.717) is 22.0 Å². The number of amides is 2. The average Bonchev–Trinajstić information content (AvgIpc) is 3.19. The number of primary amides is 1. The minimum atomic E-state index is -3.90. The first-order chi connectivity index (χ1) is 15.0. The van der Waals surface area contributed by atoms with Crippen molar-refractivity contribution in [3.8, 4) is 5.75 Å². The Labute approximate surface area is 190 Å². The van der Waals surface area contributed by atoms with Gasteiger partial charge in [-0.2, -0.15) is 4.72 Å². The van der Waals surface area contributed by atoms with E-state index in [4.69, 9.17) is 10.5 Å². The Bertz CT molecular complexity index is 1120. The van der Waals surface area contributed by atoms with Gasteiger partial charge in [0.1, 0.15) is 11.8 Å². The molecule has 5 N–H and O–H groups in total. The SMILES string of the molecule is COc1cc(C)c(S(=O)(=O)NCN2NC(CC(N)=O)C2C(=O)Nc2nccs2)c(C)c1C. The molecule has 1 saturated heterocycles. The number of thiazole rings is 1. The van der Waals surface area contributed by atoms with Crippen LogP contribution in [0.4, 0.5) is 5.13 Å². The summed E-state index contributed by atoms with van der Waals surface area (Å²) in [4.78, 5) is 28.3. The Morgan fingerprint density at radius 2 is 2.03 bits per heavy atom. The summed E-state index contributed by atoms with van der Waals surface area (Å²) >= 11 is 1.25. The van der Waals surface area contributed by atoms with Crippen LogP contribution in [-0.2, 0) is 19.6 Å². The number of benzene rings is 1. The van der Waals surface area contributed by atoms with Gasteiger partial charge in [-0.3, -0.25) is 9.59 Å². The van der Waals surface area contributed by atoms with Crippen molar-refractivity contribution >= 4 is 38.3 Å². The molecule has 1 aliphatic rings. The normalized spacial score (nSPS) is 18.8. The maximum atomic E-state index is 13.1. The number of nitrogens with one attached hydrogen (secondary N) is 3. The number of methoxy groups -OCH3 is 1. The van der Waals surface area contributed by atoms with E-state index in [1.54, 1.807) is 38.4 Å². The molecule has 2 atom stereocenters. The molecule has 174 valence electrons. The van der Waals surface area contributed by atoms with Gasteiger partial charge in [-0.1, -0.05) is 0 Å². The largest absolute Gasteiger partial charge is 0.496 e. The van der Waals surface area contributed by atoms with Gasteiger partial charge in [-0.05, 0) is 43.5 Å². The van der Waals surface area contributed by atoms with Crippen LogP contribution in [0.5, 0.6) is 5.75 Å². The molecule has 1 aromatic carbocycles. The highest BCUT2D eigenvalue weighted by atomic mass is 32.2. The van der Waals surface area contributed by atoms with E-state index in [0.717, 1.165) is 5.56 Å². The minimum absolute atomic E-state index is 0.0743. The summed E-state index contributed by atoms with van der Waals surface area (Å²) in [6.07, 6.45) is 1.47. The minimum Gasteiger partial charge on any atom is -0.496 e. The molecule has 11 nitrogen and oxygen atoms in total. The number of nitrogens with zero attached hydrogens (tertiary/aromatic N) is 2. The number of hydrogen-bond donors (Lipinski definition) is 4. The van der Waals surface area contributed by atoms with E-state index >= 15 is 0 Å². The summed E-state index contributed by atoms with van der Waals surface area (Å²) in [6, 6.07) is 0.309. The van der Waals surface area contributed by atoms with Gasteiger partial charge < -0.3 is 15.8 Å². The third-order valence-corrected chi connectivity index (χ3v) is 7.66. The number of nitrogens with two attached hydrogens (primary N) is 1. The molecule has 3 rings (SSSR count). The number of sulfonamides is 1. The number of carbonyl (C=O) groups excluding carboxylic acids is 2. The fraction of sp³-hybridized carbons (Fsp3) is 0.421. The highest BCUT2D eigenvalue weighted by Gasteiger charge is 2.45. The van der Waals surface area contributed by atoms with Crippen LogP contribution in [0.3, 0.4) is 0 Å². The second kappa shape index (κ2) is 9.50. The van der Waals surface area contributed by atoms with Gasteiger partial charge in [0.2, 0.25) is 21.8 Å². The van der Waals surface area contributed by atoms with E-state index in [-0.39, 0.29) is 18.0 Å². The number of aryl methyl sites for hydroxylation is 1. The van der Waals surface area contributed by atoms with Crippen molar-refractivity contribution in [3.63, 3.8) is 0 Å².